The standard InChI is InChI=1S/C27H34O5/c1-16-4-5-22(32-16)19-15-17-14-18(28)6-10-25(17,2)20-7-11-26(3)21(24(19)20)8-12-27(26,31)13-9-23(29)30/h4-5,7,14,19,21,24,31H,6,8-13,15H2,1-3H3,(H,29,30)/t19-,21-,24+,25-,26-,27+/m0/s1. The number of rotatable bonds is 4. The van der Waals surface area contributed by atoms with Crippen molar-refractivity contribution in [3.63, 3.8) is 0 Å². The molecule has 172 valence electrons. The Hall–Kier alpha value is -2.14. The minimum absolute atomic E-state index is 0.00638. The summed E-state index contributed by atoms with van der Waals surface area (Å²) in [5.41, 5.74) is 1.18. The number of ketones is 1. The zero-order chi connectivity index (χ0) is 22.9. The van der Waals surface area contributed by atoms with Crippen molar-refractivity contribution in [2.24, 2.45) is 22.7 Å². The predicted octanol–water partition coefficient (Wildman–Crippen LogP) is 5.33. The van der Waals surface area contributed by atoms with Crippen LogP contribution in [0.4, 0.5) is 0 Å². The first-order valence-corrected chi connectivity index (χ1v) is 12.0. The highest BCUT2D eigenvalue weighted by molar-refractivity contribution is 5.92. The van der Waals surface area contributed by atoms with Gasteiger partial charge < -0.3 is 14.6 Å². The molecular weight excluding hydrogens is 404 g/mol. The van der Waals surface area contributed by atoms with Gasteiger partial charge in [0.25, 0.3) is 0 Å². The van der Waals surface area contributed by atoms with Crippen LogP contribution in [0.1, 0.15) is 82.7 Å². The van der Waals surface area contributed by atoms with Gasteiger partial charge in [-0.05, 0) is 75.5 Å². The van der Waals surface area contributed by atoms with Gasteiger partial charge in [0, 0.05) is 29.6 Å². The molecule has 6 atom stereocenters. The molecule has 2 N–H and O–H groups in total. The molecule has 1 aromatic heterocycles. The van der Waals surface area contributed by atoms with Gasteiger partial charge in [-0.1, -0.05) is 31.1 Å². The van der Waals surface area contributed by atoms with Gasteiger partial charge in [-0.2, -0.15) is 0 Å². The highest BCUT2D eigenvalue weighted by atomic mass is 16.4. The van der Waals surface area contributed by atoms with Gasteiger partial charge in [-0.25, -0.2) is 0 Å². The Bertz CT molecular complexity index is 1030. The fraction of sp³-hybridized carbons (Fsp3) is 0.630. The normalized spacial score (nSPS) is 40.8. The number of aryl methyl sites for hydroxylation is 1. The number of allylic oxidation sites excluding steroid dienone is 4. The summed E-state index contributed by atoms with van der Waals surface area (Å²) < 4.78 is 6.14. The Morgan fingerprint density at radius 1 is 1.25 bits per heavy atom. The van der Waals surface area contributed by atoms with Crippen molar-refractivity contribution in [1.82, 2.24) is 0 Å². The second kappa shape index (κ2) is 7.18. The van der Waals surface area contributed by atoms with E-state index in [1.54, 1.807) is 0 Å². The largest absolute Gasteiger partial charge is 0.481 e. The number of hydrogen-bond acceptors (Lipinski definition) is 4. The van der Waals surface area contributed by atoms with Crippen LogP contribution in [0, 0.1) is 29.6 Å². The van der Waals surface area contributed by atoms with Crippen LogP contribution in [-0.2, 0) is 9.59 Å². The van der Waals surface area contributed by atoms with E-state index in [0.717, 1.165) is 37.2 Å². The van der Waals surface area contributed by atoms with Crippen molar-refractivity contribution < 1.29 is 24.2 Å². The van der Waals surface area contributed by atoms with E-state index in [-0.39, 0.29) is 40.8 Å². The van der Waals surface area contributed by atoms with Gasteiger partial charge in [-0.15, -0.1) is 0 Å². The molecule has 2 fully saturated rings. The van der Waals surface area contributed by atoms with Crippen molar-refractivity contribution in [1.29, 1.82) is 0 Å². The molecule has 0 radical (unpaired) electrons. The molecule has 0 unspecified atom stereocenters. The highest BCUT2D eigenvalue weighted by Crippen LogP contribution is 2.68. The monoisotopic (exact) mass is 438 g/mol. The summed E-state index contributed by atoms with van der Waals surface area (Å²) in [6, 6.07) is 4.08. The molecule has 4 aliphatic carbocycles. The second-order valence-electron chi connectivity index (χ2n) is 11.1. The smallest absolute Gasteiger partial charge is 0.303 e. The van der Waals surface area contributed by atoms with Crippen molar-refractivity contribution in [2.75, 3.05) is 0 Å². The lowest BCUT2D eigenvalue weighted by Gasteiger charge is -2.57. The summed E-state index contributed by atoms with van der Waals surface area (Å²) in [5.74, 6) is 1.83. The molecule has 5 rings (SSSR count). The molecule has 32 heavy (non-hydrogen) atoms. The Labute approximate surface area is 189 Å². The quantitative estimate of drug-likeness (QED) is 0.621. The Morgan fingerprint density at radius 2 is 2.03 bits per heavy atom. The first-order chi connectivity index (χ1) is 15.1. The molecule has 1 aromatic rings. The maximum atomic E-state index is 12.3. The van der Waals surface area contributed by atoms with E-state index in [4.69, 9.17) is 4.42 Å². The van der Waals surface area contributed by atoms with E-state index >= 15 is 0 Å². The Balaban J connectivity index is 1.61. The maximum absolute atomic E-state index is 12.3. The fourth-order valence-electron chi connectivity index (χ4n) is 7.62. The van der Waals surface area contributed by atoms with Gasteiger partial charge in [0.1, 0.15) is 11.5 Å². The molecule has 2 saturated carbocycles. The van der Waals surface area contributed by atoms with Gasteiger partial charge in [0.2, 0.25) is 0 Å². The van der Waals surface area contributed by atoms with Gasteiger partial charge in [-0.3, -0.25) is 9.59 Å². The Morgan fingerprint density at radius 3 is 2.72 bits per heavy atom. The summed E-state index contributed by atoms with van der Waals surface area (Å²) in [6.45, 7) is 6.42. The summed E-state index contributed by atoms with van der Waals surface area (Å²) >= 11 is 0. The van der Waals surface area contributed by atoms with Crippen molar-refractivity contribution >= 4 is 11.8 Å². The number of aliphatic carboxylic acids is 1. The lowest BCUT2D eigenvalue weighted by molar-refractivity contribution is -0.141. The van der Waals surface area contributed by atoms with E-state index in [2.05, 4.69) is 26.0 Å². The van der Waals surface area contributed by atoms with Gasteiger partial charge in [0.05, 0.1) is 5.60 Å². The average molecular weight is 439 g/mol. The van der Waals surface area contributed by atoms with Crippen LogP contribution >= 0.6 is 0 Å². The van der Waals surface area contributed by atoms with E-state index in [1.165, 1.54) is 11.1 Å². The summed E-state index contributed by atoms with van der Waals surface area (Å²) in [4.78, 5) is 23.6. The first kappa shape index (κ1) is 21.7. The second-order valence-corrected chi connectivity index (χ2v) is 11.1. The molecule has 0 saturated heterocycles. The van der Waals surface area contributed by atoms with Crippen LogP contribution in [0.3, 0.4) is 0 Å². The maximum Gasteiger partial charge on any atom is 0.303 e. The van der Waals surface area contributed by atoms with E-state index in [0.29, 0.717) is 19.3 Å². The molecule has 0 aromatic carbocycles. The number of furan rings is 1. The number of carboxylic acids is 1. The van der Waals surface area contributed by atoms with Gasteiger partial charge >= 0.3 is 5.97 Å². The molecular formula is C27H34O5. The zero-order valence-corrected chi connectivity index (χ0v) is 19.3. The average Bonchev–Trinajstić information content (AvgIpc) is 3.28. The van der Waals surface area contributed by atoms with Crippen LogP contribution in [0.5, 0.6) is 0 Å². The van der Waals surface area contributed by atoms with Crippen molar-refractivity contribution in [2.45, 2.75) is 83.7 Å². The third kappa shape index (κ3) is 3.00. The molecule has 5 nitrogen and oxygen atoms in total. The molecule has 0 aliphatic heterocycles. The minimum Gasteiger partial charge on any atom is -0.481 e. The number of carboxylic acid groups (broad SMARTS) is 1. The molecule has 1 heterocycles. The molecule has 0 spiro atoms. The molecule has 5 heteroatoms. The summed E-state index contributed by atoms with van der Waals surface area (Å²) in [6.07, 6.45) is 9.02. The number of aliphatic hydroxyl groups is 1. The SMILES string of the molecule is Cc1ccc([C@@H]2CC3=CC(=O)CC[C@]3(C)C3=CC[C@@]4(C)[C@@H](CC[C@@]4(O)CCC(=O)O)[C@@H]32)o1. The highest BCUT2D eigenvalue weighted by Gasteiger charge is 2.63. The number of hydrogen-bond donors (Lipinski definition) is 2. The first-order valence-electron chi connectivity index (χ1n) is 12.0. The third-order valence-corrected chi connectivity index (χ3v) is 9.59. The summed E-state index contributed by atoms with van der Waals surface area (Å²) in [7, 11) is 0. The van der Waals surface area contributed by atoms with Crippen LogP contribution in [0.2, 0.25) is 0 Å². The van der Waals surface area contributed by atoms with Crippen molar-refractivity contribution in [3.05, 3.63) is 47.0 Å². The molecule has 0 bridgehead atoms. The molecule has 4 aliphatic rings. The van der Waals surface area contributed by atoms with Crippen molar-refractivity contribution in [3.8, 4) is 0 Å². The van der Waals surface area contributed by atoms with Crippen LogP contribution in [0.25, 0.3) is 0 Å². The third-order valence-electron chi connectivity index (χ3n) is 9.59. The number of carbonyl (C=O) groups is 2. The van der Waals surface area contributed by atoms with Crippen LogP contribution in [-0.4, -0.2) is 27.6 Å². The minimum atomic E-state index is -0.971. The lowest BCUT2D eigenvalue weighted by atomic mass is 9.48. The topological polar surface area (TPSA) is 87.7 Å². The Kier molecular flexibility index (Phi) is 4.87. The lowest BCUT2D eigenvalue weighted by Crippen LogP contribution is -2.52. The predicted molar refractivity (Wildman–Crippen MR) is 120 cm³/mol. The summed E-state index contributed by atoms with van der Waals surface area (Å²) in [5, 5.41) is 21.0. The van der Waals surface area contributed by atoms with E-state index in [1.807, 2.05) is 19.1 Å². The van der Waals surface area contributed by atoms with Crippen LogP contribution < -0.4 is 0 Å². The number of carbonyl (C=O) groups excluding carboxylic acids is 1. The van der Waals surface area contributed by atoms with Crippen LogP contribution in [0.15, 0.2) is 39.8 Å². The van der Waals surface area contributed by atoms with Gasteiger partial charge in [0.15, 0.2) is 5.78 Å². The fourth-order valence-corrected chi connectivity index (χ4v) is 7.62. The number of fused-ring (bicyclic) bond motifs is 5. The van der Waals surface area contributed by atoms with E-state index < -0.39 is 11.6 Å². The molecule has 0 amide bonds. The van der Waals surface area contributed by atoms with E-state index in [9.17, 15) is 19.8 Å². The zero-order valence-electron chi connectivity index (χ0n) is 19.3.